The summed E-state index contributed by atoms with van der Waals surface area (Å²) in [6, 6.07) is 17.3. The predicted octanol–water partition coefficient (Wildman–Crippen LogP) is 3.63. The quantitative estimate of drug-likeness (QED) is 0.387. The van der Waals surface area contributed by atoms with Gasteiger partial charge in [-0.2, -0.15) is 0 Å². The van der Waals surface area contributed by atoms with Gasteiger partial charge in [-0.05, 0) is 31.2 Å². The van der Waals surface area contributed by atoms with E-state index >= 15 is 0 Å². The lowest BCUT2D eigenvalue weighted by molar-refractivity contribution is -0.128. The third-order valence-electron chi connectivity index (χ3n) is 5.13. The molecule has 8 nitrogen and oxygen atoms in total. The molecule has 1 aliphatic rings. The fraction of sp³-hybridized carbons (Fsp3) is 0.304. The van der Waals surface area contributed by atoms with Crippen LogP contribution in [0.25, 0.3) is 0 Å². The summed E-state index contributed by atoms with van der Waals surface area (Å²) in [5.74, 6) is 0.592. The maximum atomic E-state index is 12.6. The molecular formula is C23H25N5O3S2. The first-order valence-electron chi connectivity index (χ1n) is 10.7. The lowest BCUT2D eigenvalue weighted by Gasteiger charge is -2.36. The second kappa shape index (κ2) is 11.2. The van der Waals surface area contributed by atoms with Gasteiger partial charge < -0.3 is 14.5 Å². The number of amides is 2. The molecule has 3 aromatic rings. The fourth-order valence-electron chi connectivity index (χ4n) is 3.49. The highest BCUT2D eigenvalue weighted by atomic mass is 32.2. The van der Waals surface area contributed by atoms with E-state index in [0.29, 0.717) is 46.2 Å². The zero-order valence-corrected chi connectivity index (χ0v) is 19.9. The number of hydrogen-bond donors (Lipinski definition) is 1. The molecule has 1 aliphatic heterocycles. The number of ether oxygens (including phenoxy) is 1. The molecule has 0 saturated carbocycles. The molecule has 4 rings (SSSR count). The molecule has 0 aliphatic carbocycles. The first-order valence-corrected chi connectivity index (χ1v) is 12.5. The molecule has 1 saturated heterocycles. The molecule has 33 heavy (non-hydrogen) atoms. The van der Waals surface area contributed by atoms with E-state index < -0.39 is 0 Å². The van der Waals surface area contributed by atoms with Crippen LogP contribution >= 0.6 is 23.1 Å². The third kappa shape index (κ3) is 6.02. The Bertz CT molecular complexity index is 1080. The van der Waals surface area contributed by atoms with E-state index in [4.69, 9.17) is 4.74 Å². The van der Waals surface area contributed by atoms with Gasteiger partial charge in [0, 0.05) is 31.9 Å². The maximum Gasteiger partial charge on any atom is 0.261 e. The number of para-hydroxylation sites is 2. The molecule has 0 radical (unpaired) electrons. The van der Waals surface area contributed by atoms with Gasteiger partial charge in [-0.25, -0.2) is 0 Å². The first kappa shape index (κ1) is 23.1. The Morgan fingerprint density at radius 2 is 1.76 bits per heavy atom. The van der Waals surface area contributed by atoms with E-state index in [2.05, 4.69) is 32.5 Å². The predicted molar refractivity (Wildman–Crippen MR) is 131 cm³/mol. The van der Waals surface area contributed by atoms with Gasteiger partial charge in [0.1, 0.15) is 5.75 Å². The summed E-state index contributed by atoms with van der Waals surface area (Å²) >= 11 is 2.59. The highest BCUT2D eigenvalue weighted by Gasteiger charge is 2.22. The topological polar surface area (TPSA) is 87.7 Å². The highest BCUT2D eigenvalue weighted by molar-refractivity contribution is 8.01. The minimum absolute atomic E-state index is 0.0825. The van der Waals surface area contributed by atoms with Crippen LogP contribution in [0.2, 0.25) is 0 Å². The molecular weight excluding hydrogens is 458 g/mol. The number of nitrogens with zero attached hydrogens (tertiary/aromatic N) is 4. The maximum absolute atomic E-state index is 12.6. The third-order valence-corrected chi connectivity index (χ3v) is 7.09. The summed E-state index contributed by atoms with van der Waals surface area (Å²) in [6.07, 6.45) is 0. The number of benzene rings is 2. The van der Waals surface area contributed by atoms with E-state index in [-0.39, 0.29) is 11.8 Å². The standard InChI is InChI=1S/C23H25N5O3S2/c1-2-31-19-11-7-6-10-18(19)21(30)24-22-25-26-23(33-22)32-16-20(29)28-14-12-27(13-15-28)17-8-4-3-5-9-17/h3-11H,2,12-16H2,1H3,(H,24,25,30). The molecule has 1 fully saturated rings. The van der Waals surface area contributed by atoms with Crippen molar-refractivity contribution in [2.45, 2.75) is 11.3 Å². The molecule has 2 heterocycles. The summed E-state index contributed by atoms with van der Waals surface area (Å²) < 4.78 is 6.15. The van der Waals surface area contributed by atoms with Crippen LogP contribution in [0, 0.1) is 0 Å². The lowest BCUT2D eigenvalue weighted by atomic mass is 10.2. The van der Waals surface area contributed by atoms with Crippen molar-refractivity contribution in [2.24, 2.45) is 0 Å². The van der Waals surface area contributed by atoms with Crippen LogP contribution < -0.4 is 15.0 Å². The van der Waals surface area contributed by atoms with Crippen LogP contribution in [0.1, 0.15) is 17.3 Å². The smallest absolute Gasteiger partial charge is 0.261 e. The van der Waals surface area contributed by atoms with Crippen molar-refractivity contribution in [3.05, 3.63) is 60.2 Å². The van der Waals surface area contributed by atoms with E-state index in [1.807, 2.05) is 36.1 Å². The van der Waals surface area contributed by atoms with Crippen LogP contribution in [-0.2, 0) is 4.79 Å². The zero-order valence-electron chi connectivity index (χ0n) is 18.3. The average molecular weight is 484 g/mol. The van der Waals surface area contributed by atoms with Crippen LogP contribution in [0.4, 0.5) is 10.8 Å². The molecule has 0 atom stereocenters. The Morgan fingerprint density at radius 1 is 1.03 bits per heavy atom. The molecule has 2 aromatic carbocycles. The number of hydrogen-bond acceptors (Lipinski definition) is 8. The SMILES string of the molecule is CCOc1ccccc1C(=O)Nc1nnc(SCC(=O)N2CCN(c3ccccc3)CC2)s1. The van der Waals surface area contributed by atoms with Crippen LogP contribution in [0.5, 0.6) is 5.75 Å². The summed E-state index contributed by atoms with van der Waals surface area (Å²) in [7, 11) is 0. The van der Waals surface area contributed by atoms with E-state index in [9.17, 15) is 9.59 Å². The zero-order chi connectivity index (χ0) is 23.0. The van der Waals surface area contributed by atoms with Crippen molar-refractivity contribution in [3.63, 3.8) is 0 Å². The summed E-state index contributed by atoms with van der Waals surface area (Å²) in [5.41, 5.74) is 1.62. The first-order chi connectivity index (χ1) is 16.1. The summed E-state index contributed by atoms with van der Waals surface area (Å²) in [6.45, 7) is 5.37. The Kier molecular flexibility index (Phi) is 7.79. The van der Waals surface area contributed by atoms with Crippen LogP contribution in [0.3, 0.4) is 0 Å². The Labute approximate surface area is 201 Å². The normalized spacial score (nSPS) is 13.6. The molecule has 0 spiro atoms. The molecule has 1 N–H and O–H groups in total. The van der Waals surface area contributed by atoms with Crippen molar-refractivity contribution in [1.82, 2.24) is 15.1 Å². The number of aromatic nitrogens is 2. The van der Waals surface area contributed by atoms with Crippen molar-refractivity contribution in [3.8, 4) is 5.75 Å². The van der Waals surface area contributed by atoms with Crippen LogP contribution in [-0.4, -0.2) is 65.5 Å². The minimum Gasteiger partial charge on any atom is -0.493 e. The van der Waals surface area contributed by atoms with Crippen molar-refractivity contribution >= 4 is 45.7 Å². The van der Waals surface area contributed by atoms with Gasteiger partial charge in [0.15, 0.2) is 4.34 Å². The van der Waals surface area contributed by atoms with Gasteiger partial charge in [-0.1, -0.05) is 53.4 Å². The minimum atomic E-state index is -0.306. The number of rotatable bonds is 8. The summed E-state index contributed by atoms with van der Waals surface area (Å²) in [5, 5.41) is 11.3. The Balaban J connectivity index is 1.25. The number of carbonyl (C=O) groups excluding carboxylic acids is 2. The van der Waals surface area contributed by atoms with Gasteiger partial charge in [-0.3, -0.25) is 14.9 Å². The highest BCUT2D eigenvalue weighted by Crippen LogP contribution is 2.27. The molecule has 10 heteroatoms. The van der Waals surface area contributed by atoms with Gasteiger partial charge in [0.25, 0.3) is 5.91 Å². The van der Waals surface area contributed by atoms with Gasteiger partial charge >= 0.3 is 0 Å². The van der Waals surface area contributed by atoms with Crippen molar-refractivity contribution in [1.29, 1.82) is 0 Å². The molecule has 2 amide bonds. The second-order valence-electron chi connectivity index (χ2n) is 7.25. The number of carbonyl (C=O) groups is 2. The molecule has 172 valence electrons. The molecule has 0 unspecified atom stereocenters. The largest absolute Gasteiger partial charge is 0.493 e. The fourth-order valence-corrected chi connectivity index (χ4v) is 5.14. The van der Waals surface area contributed by atoms with Gasteiger partial charge in [0.05, 0.1) is 17.9 Å². The van der Waals surface area contributed by atoms with E-state index in [1.165, 1.54) is 28.8 Å². The monoisotopic (exact) mass is 483 g/mol. The van der Waals surface area contributed by atoms with E-state index in [1.54, 1.807) is 18.2 Å². The van der Waals surface area contributed by atoms with Crippen molar-refractivity contribution < 1.29 is 14.3 Å². The number of nitrogens with one attached hydrogen (secondary N) is 1. The average Bonchev–Trinajstić information content (AvgIpc) is 3.31. The second-order valence-corrected chi connectivity index (χ2v) is 9.45. The number of thioether (sulfide) groups is 1. The lowest BCUT2D eigenvalue weighted by Crippen LogP contribution is -2.49. The summed E-state index contributed by atoms with van der Waals surface area (Å²) in [4.78, 5) is 29.4. The van der Waals surface area contributed by atoms with Gasteiger partial charge in [0.2, 0.25) is 11.0 Å². The van der Waals surface area contributed by atoms with Gasteiger partial charge in [-0.15, -0.1) is 10.2 Å². The molecule has 1 aromatic heterocycles. The van der Waals surface area contributed by atoms with Crippen LogP contribution in [0.15, 0.2) is 58.9 Å². The van der Waals surface area contributed by atoms with E-state index in [0.717, 1.165) is 13.1 Å². The Hall–Kier alpha value is -3.11. The molecule has 0 bridgehead atoms. The number of anilines is 2. The van der Waals surface area contributed by atoms with Crippen molar-refractivity contribution in [2.75, 3.05) is 48.8 Å². The Morgan fingerprint density at radius 3 is 2.52 bits per heavy atom. The number of piperazine rings is 1.